The molecule has 86 valence electrons. The number of ether oxygens (including phenoxy) is 1. The standard InChI is InChI=1S/C11H21N3O/c1-3-5-13-10(7-12)8-14(2)11-4-6-15-9-11/h10-11,13H,3-6,8-9H2,1-2H3. The van der Waals surface area contributed by atoms with Gasteiger partial charge in [0, 0.05) is 19.2 Å². The fraction of sp³-hybridized carbons (Fsp3) is 0.909. The van der Waals surface area contributed by atoms with E-state index in [0.29, 0.717) is 6.04 Å². The third-order valence-corrected chi connectivity index (χ3v) is 2.80. The van der Waals surface area contributed by atoms with E-state index in [1.165, 1.54) is 0 Å². The first-order valence-electron chi connectivity index (χ1n) is 5.69. The number of rotatable bonds is 6. The lowest BCUT2D eigenvalue weighted by atomic mass is 10.2. The minimum absolute atomic E-state index is 0.0597. The average molecular weight is 211 g/mol. The molecule has 0 aromatic heterocycles. The van der Waals surface area contributed by atoms with Crippen LogP contribution in [-0.4, -0.2) is 50.3 Å². The first kappa shape index (κ1) is 12.4. The smallest absolute Gasteiger partial charge is 0.108 e. The Balaban J connectivity index is 2.27. The molecule has 2 unspecified atom stereocenters. The molecule has 2 atom stereocenters. The molecule has 1 N–H and O–H groups in total. The predicted molar refractivity (Wildman–Crippen MR) is 59.5 cm³/mol. The van der Waals surface area contributed by atoms with Crippen LogP contribution in [0.5, 0.6) is 0 Å². The number of hydrogen-bond acceptors (Lipinski definition) is 4. The van der Waals surface area contributed by atoms with Crippen molar-refractivity contribution in [1.82, 2.24) is 10.2 Å². The van der Waals surface area contributed by atoms with Gasteiger partial charge in [-0.25, -0.2) is 0 Å². The average Bonchev–Trinajstić information content (AvgIpc) is 2.77. The van der Waals surface area contributed by atoms with Gasteiger partial charge in [0.2, 0.25) is 0 Å². The Morgan fingerprint density at radius 1 is 1.67 bits per heavy atom. The first-order valence-corrected chi connectivity index (χ1v) is 5.69. The van der Waals surface area contributed by atoms with Gasteiger partial charge in [-0.3, -0.25) is 4.90 Å². The zero-order chi connectivity index (χ0) is 11.1. The van der Waals surface area contributed by atoms with Crippen LogP contribution in [0.1, 0.15) is 19.8 Å². The minimum atomic E-state index is -0.0597. The van der Waals surface area contributed by atoms with Crippen LogP contribution in [0, 0.1) is 11.3 Å². The Labute approximate surface area is 92.2 Å². The summed E-state index contributed by atoms with van der Waals surface area (Å²) in [5.74, 6) is 0. The molecule has 1 aliphatic rings. The summed E-state index contributed by atoms with van der Waals surface area (Å²) in [7, 11) is 2.07. The Morgan fingerprint density at radius 2 is 2.47 bits per heavy atom. The molecular formula is C11H21N3O. The van der Waals surface area contributed by atoms with Crippen molar-refractivity contribution in [2.75, 3.05) is 33.4 Å². The predicted octanol–water partition coefficient (Wildman–Crippen LogP) is 0.599. The van der Waals surface area contributed by atoms with Gasteiger partial charge in [0.05, 0.1) is 12.7 Å². The largest absolute Gasteiger partial charge is 0.380 e. The second-order valence-corrected chi connectivity index (χ2v) is 4.09. The summed E-state index contributed by atoms with van der Waals surface area (Å²) < 4.78 is 5.33. The van der Waals surface area contributed by atoms with Crippen LogP contribution in [0.25, 0.3) is 0 Å². The highest BCUT2D eigenvalue weighted by molar-refractivity contribution is 4.92. The maximum Gasteiger partial charge on any atom is 0.108 e. The molecule has 0 spiro atoms. The molecule has 0 bridgehead atoms. The number of nitrogens with zero attached hydrogens (tertiary/aromatic N) is 2. The van der Waals surface area contributed by atoms with Gasteiger partial charge >= 0.3 is 0 Å². The van der Waals surface area contributed by atoms with E-state index >= 15 is 0 Å². The van der Waals surface area contributed by atoms with Crippen LogP contribution in [0.3, 0.4) is 0 Å². The van der Waals surface area contributed by atoms with Crippen LogP contribution < -0.4 is 5.32 Å². The molecular weight excluding hydrogens is 190 g/mol. The summed E-state index contributed by atoms with van der Waals surface area (Å²) in [6, 6.07) is 2.73. The summed E-state index contributed by atoms with van der Waals surface area (Å²) in [5.41, 5.74) is 0. The summed E-state index contributed by atoms with van der Waals surface area (Å²) in [4.78, 5) is 2.23. The van der Waals surface area contributed by atoms with Crippen LogP contribution >= 0.6 is 0 Å². The minimum Gasteiger partial charge on any atom is -0.380 e. The quantitative estimate of drug-likeness (QED) is 0.699. The SMILES string of the molecule is CCCNC(C#N)CN(C)C1CCOC1. The van der Waals surface area contributed by atoms with Crippen molar-refractivity contribution < 1.29 is 4.74 Å². The second-order valence-electron chi connectivity index (χ2n) is 4.09. The van der Waals surface area contributed by atoms with E-state index in [1.54, 1.807) is 0 Å². The van der Waals surface area contributed by atoms with Crippen molar-refractivity contribution in [1.29, 1.82) is 5.26 Å². The molecule has 1 saturated heterocycles. The number of likely N-dealkylation sites (N-methyl/N-ethyl adjacent to an activating group) is 1. The molecule has 1 aliphatic heterocycles. The number of nitriles is 1. The lowest BCUT2D eigenvalue weighted by Gasteiger charge is -2.25. The van der Waals surface area contributed by atoms with Gasteiger partial charge in [-0.2, -0.15) is 5.26 Å². The molecule has 0 radical (unpaired) electrons. The summed E-state index contributed by atoms with van der Waals surface area (Å²) in [6.07, 6.45) is 2.15. The maximum absolute atomic E-state index is 8.97. The molecule has 1 heterocycles. The second kappa shape index (κ2) is 6.78. The van der Waals surface area contributed by atoms with E-state index in [0.717, 1.165) is 39.1 Å². The molecule has 0 amide bonds. The van der Waals surface area contributed by atoms with Gasteiger partial charge in [0.25, 0.3) is 0 Å². The normalized spacial score (nSPS) is 22.9. The van der Waals surface area contributed by atoms with Gasteiger partial charge in [0.15, 0.2) is 0 Å². The fourth-order valence-electron chi connectivity index (χ4n) is 1.78. The Bertz CT molecular complexity index is 208. The highest BCUT2D eigenvalue weighted by atomic mass is 16.5. The number of nitrogens with one attached hydrogen (secondary N) is 1. The van der Waals surface area contributed by atoms with E-state index in [2.05, 4.69) is 30.3 Å². The highest BCUT2D eigenvalue weighted by Crippen LogP contribution is 2.10. The number of hydrogen-bond donors (Lipinski definition) is 1. The molecule has 4 heteroatoms. The Morgan fingerprint density at radius 3 is 3.00 bits per heavy atom. The Hall–Kier alpha value is -0.630. The van der Waals surface area contributed by atoms with Crippen molar-refractivity contribution >= 4 is 0 Å². The summed E-state index contributed by atoms with van der Waals surface area (Å²) in [6.45, 7) is 5.46. The molecule has 1 fully saturated rings. The monoisotopic (exact) mass is 211 g/mol. The molecule has 1 rings (SSSR count). The topological polar surface area (TPSA) is 48.3 Å². The van der Waals surface area contributed by atoms with Crippen LogP contribution in [0.15, 0.2) is 0 Å². The van der Waals surface area contributed by atoms with Crippen molar-refractivity contribution in [2.24, 2.45) is 0 Å². The van der Waals surface area contributed by atoms with Gasteiger partial charge in [-0.15, -0.1) is 0 Å². The fourth-order valence-corrected chi connectivity index (χ4v) is 1.78. The lowest BCUT2D eigenvalue weighted by molar-refractivity contribution is 0.156. The van der Waals surface area contributed by atoms with E-state index < -0.39 is 0 Å². The van der Waals surface area contributed by atoms with Gasteiger partial charge in [-0.05, 0) is 26.4 Å². The molecule has 0 aromatic carbocycles. The van der Waals surface area contributed by atoms with Crippen molar-refractivity contribution in [2.45, 2.75) is 31.8 Å². The maximum atomic E-state index is 8.97. The van der Waals surface area contributed by atoms with E-state index in [1.807, 2.05) is 0 Å². The van der Waals surface area contributed by atoms with Gasteiger partial charge in [-0.1, -0.05) is 6.92 Å². The third kappa shape index (κ3) is 4.17. The third-order valence-electron chi connectivity index (χ3n) is 2.80. The lowest BCUT2D eigenvalue weighted by Crippen LogP contribution is -2.43. The van der Waals surface area contributed by atoms with E-state index in [-0.39, 0.29) is 6.04 Å². The van der Waals surface area contributed by atoms with Crippen LogP contribution in [-0.2, 0) is 4.74 Å². The van der Waals surface area contributed by atoms with Crippen LogP contribution in [0.2, 0.25) is 0 Å². The van der Waals surface area contributed by atoms with Crippen molar-refractivity contribution in [3.63, 3.8) is 0 Å². The highest BCUT2D eigenvalue weighted by Gasteiger charge is 2.22. The summed E-state index contributed by atoms with van der Waals surface area (Å²) in [5, 5.41) is 12.2. The zero-order valence-corrected chi connectivity index (χ0v) is 9.70. The molecule has 0 saturated carbocycles. The van der Waals surface area contributed by atoms with Gasteiger partial charge in [0.1, 0.15) is 6.04 Å². The zero-order valence-electron chi connectivity index (χ0n) is 9.70. The first-order chi connectivity index (χ1) is 7.27. The molecule has 0 aliphatic carbocycles. The summed E-state index contributed by atoms with van der Waals surface area (Å²) >= 11 is 0. The van der Waals surface area contributed by atoms with E-state index in [4.69, 9.17) is 10.00 Å². The molecule has 4 nitrogen and oxygen atoms in total. The van der Waals surface area contributed by atoms with E-state index in [9.17, 15) is 0 Å². The van der Waals surface area contributed by atoms with Gasteiger partial charge < -0.3 is 10.1 Å². The van der Waals surface area contributed by atoms with Crippen molar-refractivity contribution in [3.8, 4) is 6.07 Å². The van der Waals surface area contributed by atoms with Crippen LogP contribution in [0.4, 0.5) is 0 Å². The van der Waals surface area contributed by atoms with Crippen molar-refractivity contribution in [3.05, 3.63) is 0 Å². The Kier molecular flexibility index (Phi) is 5.62. The molecule has 15 heavy (non-hydrogen) atoms. The molecule has 0 aromatic rings.